The molecule has 0 unspecified atom stereocenters. The first kappa shape index (κ1) is 10.4. The molecule has 0 aliphatic carbocycles. The highest BCUT2D eigenvalue weighted by Crippen LogP contribution is 2.21. The molecular formula is C11H17N3O. The van der Waals surface area contributed by atoms with Gasteiger partial charge >= 0.3 is 0 Å². The Morgan fingerprint density at radius 1 is 1.47 bits per heavy atom. The molecule has 0 bridgehead atoms. The van der Waals surface area contributed by atoms with Crippen molar-refractivity contribution in [1.29, 1.82) is 5.26 Å². The minimum Gasteiger partial charge on any atom is -0.325 e. The molecule has 2 heterocycles. The van der Waals surface area contributed by atoms with Crippen LogP contribution in [0.25, 0.3) is 0 Å². The van der Waals surface area contributed by atoms with Gasteiger partial charge in [-0.25, -0.2) is 0 Å². The minimum atomic E-state index is -0.185. The van der Waals surface area contributed by atoms with Crippen LogP contribution in [-0.4, -0.2) is 35.5 Å². The summed E-state index contributed by atoms with van der Waals surface area (Å²) in [6, 6.07) is 2.41. The van der Waals surface area contributed by atoms with E-state index in [1.54, 1.807) is 4.90 Å². The van der Waals surface area contributed by atoms with Crippen molar-refractivity contribution in [2.75, 3.05) is 6.54 Å². The predicted octanol–water partition coefficient (Wildman–Crippen LogP) is 0.641. The Hall–Kier alpha value is -1.08. The Labute approximate surface area is 90.2 Å². The first-order chi connectivity index (χ1) is 7.22. The molecule has 0 aromatic heterocycles. The highest BCUT2D eigenvalue weighted by molar-refractivity contribution is 5.83. The zero-order valence-electron chi connectivity index (χ0n) is 9.07. The lowest BCUT2D eigenvalue weighted by atomic mass is 10.1. The Morgan fingerprint density at radius 3 is 2.87 bits per heavy atom. The molecule has 4 nitrogen and oxygen atoms in total. The van der Waals surface area contributed by atoms with Crippen molar-refractivity contribution >= 4 is 5.91 Å². The molecule has 1 amide bonds. The Bertz CT molecular complexity index is 297. The number of carbonyl (C=O) groups is 1. The fourth-order valence-corrected chi connectivity index (χ4v) is 2.49. The molecule has 82 valence electrons. The van der Waals surface area contributed by atoms with Crippen LogP contribution in [0.2, 0.25) is 0 Å². The third-order valence-corrected chi connectivity index (χ3v) is 3.36. The van der Waals surface area contributed by atoms with E-state index < -0.39 is 0 Å². The lowest BCUT2D eigenvalue weighted by Gasteiger charge is -2.23. The van der Waals surface area contributed by atoms with Gasteiger partial charge in [-0.05, 0) is 32.6 Å². The standard InChI is InChI=1S/C11H17N3O/c1-8-4-5-10(13-8)11(15)14-6-2-3-9(14)7-12/h8-10,13H,2-6H2,1H3/t8-,9-,10+/m0/s1. The number of carbonyl (C=O) groups excluding carboxylic acids is 1. The fraction of sp³-hybridized carbons (Fsp3) is 0.818. The van der Waals surface area contributed by atoms with Crippen molar-refractivity contribution in [3.63, 3.8) is 0 Å². The van der Waals surface area contributed by atoms with Crippen molar-refractivity contribution in [1.82, 2.24) is 10.2 Å². The van der Waals surface area contributed by atoms with E-state index in [2.05, 4.69) is 18.3 Å². The summed E-state index contributed by atoms with van der Waals surface area (Å²) in [4.78, 5) is 13.8. The Morgan fingerprint density at radius 2 is 2.27 bits per heavy atom. The third-order valence-electron chi connectivity index (χ3n) is 3.36. The maximum atomic E-state index is 12.1. The van der Waals surface area contributed by atoms with Gasteiger partial charge in [0.05, 0.1) is 12.1 Å². The maximum absolute atomic E-state index is 12.1. The summed E-state index contributed by atoms with van der Waals surface area (Å²) in [7, 11) is 0. The summed E-state index contributed by atoms with van der Waals surface area (Å²) in [5, 5.41) is 12.2. The van der Waals surface area contributed by atoms with Crippen LogP contribution in [0, 0.1) is 11.3 Å². The highest BCUT2D eigenvalue weighted by Gasteiger charge is 2.35. The summed E-state index contributed by atoms with van der Waals surface area (Å²) in [5.74, 6) is 0.128. The van der Waals surface area contributed by atoms with E-state index >= 15 is 0 Å². The summed E-state index contributed by atoms with van der Waals surface area (Å²) < 4.78 is 0. The summed E-state index contributed by atoms with van der Waals surface area (Å²) in [5.41, 5.74) is 0. The maximum Gasteiger partial charge on any atom is 0.240 e. The van der Waals surface area contributed by atoms with Gasteiger partial charge in [-0.1, -0.05) is 0 Å². The average molecular weight is 207 g/mol. The molecule has 0 aromatic carbocycles. The van der Waals surface area contributed by atoms with Gasteiger partial charge in [0.25, 0.3) is 0 Å². The van der Waals surface area contributed by atoms with Gasteiger partial charge in [0.2, 0.25) is 5.91 Å². The van der Waals surface area contributed by atoms with E-state index in [-0.39, 0.29) is 18.0 Å². The van der Waals surface area contributed by atoms with Gasteiger partial charge in [0.1, 0.15) is 6.04 Å². The van der Waals surface area contributed by atoms with E-state index in [0.717, 1.165) is 32.2 Å². The van der Waals surface area contributed by atoms with Crippen LogP contribution in [-0.2, 0) is 4.79 Å². The quantitative estimate of drug-likeness (QED) is 0.686. The Balaban J connectivity index is 1.99. The largest absolute Gasteiger partial charge is 0.325 e. The summed E-state index contributed by atoms with van der Waals surface area (Å²) in [6.07, 6.45) is 3.77. The molecule has 2 fully saturated rings. The van der Waals surface area contributed by atoms with Crippen molar-refractivity contribution in [3.8, 4) is 6.07 Å². The number of nitrogens with one attached hydrogen (secondary N) is 1. The topological polar surface area (TPSA) is 56.1 Å². The summed E-state index contributed by atoms with van der Waals surface area (Å²) >= 11 is 0. The second kappa shape index (κ2) is 4.19. The molecule has 15 heavy (non-hydrogen) atoms. The predicted molar refractivity (Wildman–Crippen MR) is 56.0 cm³/mol. The van der Waals surface area contributed by atoms with Crippen LogP contribution in [0.15, 0.2) is 0 Å². The van der Waals surface area contributed by atoms with Crippen LogP contribution in [0.1, 0.15) is 32.6 Å². The van der Waals surface area contributed by atoms with Crippen LogP contribution >= 0.6 is 0 Å². The number of hydrogen-bond donors (Lipinski definition) is 1. The fourth-order valence-electron chi connectivity index (χ4n) is 2.49. The first-order valence-electron chi connectivity index (χ1n) is 5.68. The highest BCUT2D eigenvalue weighted by atomic mass is 16.2. The smallest absolute Gasteiger partial charge is 0.240 e. The van der Waals surface area contributed by atoms with Gasteiger partial charge in [-0.3, -0.25) is 4.79 Å². The molecular weight excluding hydrogens is 190 g/mol. The van der Waals surface area contributed by atoms with Crippen molar-refractivity contribution in [2.24, 2.45) is 0 Å². The Kier molecular flexibility index (Phi) is 2.92. The molecule has 2 saturated heterocycles. The third kappa shape index (κ3) is 1.98. The van der Waals surface area contributed by atoms with Crippen LogP contribution in [0.4, 0.5) is 0 Å². The van der Waals surface area contributed by atoms with Crippen LogP contribution in [0.3, 0.4) is 0 Å². The molecule has 0 saturated carbocycles. The molecule has 2 rings (SSSR count). The number of rotatable bonds is 1. The van der Waals surface area contributed by atoms with Crippen molar-refractivity contribution in [3.05, 3.63) is 0 Å². The average Bonchev–Trinajstić information content (AvgIpc) is 2.84. The second-order valence-electron chi connectivity index (χ2n) is 4.52. The van der Waals surface area contributed by atoms with Crippen LogP contribution in [0.5, 0.6) is 0 Å². The summed E-state index contributed by atoms with van der Waals surface area (Å²) in [6.45, 7) is 2.85. The van der Waals surface area contributed by atoms with Gasteiger partial charge < -0.3 is 10.2 Å². The molecule has 2 aliphatic rings. The molecule has 0 aromatic rings. The van der Waals surface area contributed by atoms with Gasteiger partial charge in [0, 0.05) is 12.6 Å². The van der Waals surface area contributed by atoms with E-state index in [9.17, 15) is 4.79 Å². The molecule has 4 heteroatoms. The molecule has 0 spiro atoms. The van der Waals surface area contributed by atoms with Crippen molar-refractivity contribution < 1.29 is 4.79 Å². The zero-order chi connectivity index (χ0) is 10.8. The molecule has 0 radical (unpaired) electrons. The zero-order valence-corrected chi connectivity index (χ0v) is 9.07. The first-order valence-corrected chi connectivity index (χ1v) is 5.68. The van der Waals surface area contributed by atoms with E-state index in [1.807, 2.05) is 0 Å². The normalized spacial score (nSPS) is 35.5. The minimum absolute atomic E-state index is 0.0473. The van der Waals surface area contributed by atoms with E-state index in [0.29, 0.717) is 6.04 Å². The SMILES string of the molecule is C[C@H]1CC[C@H](C(=O)N2CCC[C@H]2C#N)N1. The van der Waals surface area contributed by atoms with Crippen molar-refractivity contribution in [2.45, 2.75) is 50.7 Å². The molecule has 1 N–H and O–H groups in total. The number of hydrogen-bond acceptors (Lipinski definition) is 3. The monoisotopic (exact) mass is 207 g/mol. The van der Waals surface area contributed by atoms with E-state index in [1.165, 1.54) is 0 Å². The number of nitriles is 1. The number of likely N-dealkylation sites (tertiary alicyclic amines) is 1. The lowest BCUT2D eigenvalue weighted by Crippen LogP contribution is -2.46. The number of nitrogens with zero attached hydrogens (tertiary/aromatic N) is 2. The lowest BCUT2D eigenvalue weighted by molar-refractivity contribution is -0.133. The van der Waals surface area contributed by atoms with Gasteiger partial charge in [-0.15, -0.1) is 0 Å². The molecule has 2 aliphatic heterocycles. The molecule has 3 atom stereocenters. The second-order valence-corrected chi connectivity index (χ2v) is 4.52. The number of amides is 1. The van der Waals surface area contributed by atoms with Crippen LogP contribution < -0.4 is 5.32 Å². The van der Waals surface area contributed by atoms with Gasteiger partial charge in [-0.2, -0.15) is 5.26 Å². The van der Waals surface area contributed by atoms with E-state index in [4.69, 9.17) is 5.26 Å². The van der Waals surface area contributed by atoms with Gasteiger partial charge in [0.15, 0.2) is 0 Å².